The van der Waals surface area contributed by atoms with E-state index in [0.717, 1.165) is 19.3 Å². The Bertz CT molecular complexity index is 485. The molecule has 2 atom stereocenters. The molecule has 0 saturated carbocycles. The number of hydrogen-bond donors (Lipinski definition) is 1. The number of likely N-dealkylation sites (tertiary alicyclic amines) is 1. The summed E-state index contributed by atoms with van der Waals surface area (Å²) < 4.78 is 10.7. The molecule has 23 heavy (non-hydrogen) atoms. The van der Waals surface area contributed by atoms with Crippen molar-refractivity contribution in [1.82, 2.24) is 4.90 Å². The summed E-state index contributed by atoms with van der Waals surface area (Å²) in [6.45, 7) is 2.35. The quantitative estimate of drug-likeness (QED) is 0.766. The molecule has 130 valence electrons. The van der Waals surface area contributed by atoms with Crippen LogP contribution in [-0.2, 0) is 23.9 Å². The van der Waals surface area contributed by atoms with Crippen LogP contribution in [0.2, 0.25) is 0 Å². The van der Waals surface area contributed by atoms with Gasteiger partial charge in [-0.15, -0.1) is 0 Å². The summed E-state index contributed by atoms with van der Waals surface area (Å²) in [4.78, 5) is 38.6. The van der Waals surface area contributed by atoms with Crippen LogP contribution in [0.4, 0.5) is 0 Å². The van der Waals surface area contributed by atoms with Gasteiger partial charge in [0.2, 0.25) is 5.79 Å². The lowest BCUT2D eigenvalue weighted by molar-refractivity contribution is -0.233. The van der Waals surface area contributed by atoms with Gasteiger partial charge >= 0.3 is 5.97 Å². The summed E-state index contributed by atoms with van der Waals surface area (Å²) in [6, 6.07) is 0. The highest BCUT2D eigenvalue weighted by Crippen LogP contribution is 2.34. The summed E-state index contributed by atoms with van der Waals surface area (Å²) in [5.41, 5.74) is -1.31. The van der Waals surface area contributed by atoms with E-state index in [2.05, 4.69) is 0 Å². The van der Waals surface area contributed by atoms with E-state index in [1.54, 1.807) is 6.92 Å². The van der Waals surface area contributed by atoms with Crippen LogP contribution in [0.3, 0.4) is 0 Å². The van der Waals surface area contributed by atoms with Gasteiger partial charge in [0.25, 0.3) is 11.7 Å². The minimum atomic E-state index is -1.56. The summed E-state index contributed by atoms with van der Waals surface area (Å²) in [5, 5.41) is 9.65. The maximum Gasteiger partial charge on any atom is 0.329 e. The number of ether oxygens (including phenoxy) is 2. The number of nitrogens with zero attached hydrogens (tertiary/aromatic N) is 1. The molecule has 0 bridgehead atoms. The molecule has 0 aromatic rings. The van der Waals surface area contributed by atoms with Gasteiger partial charge in [-0.1, -0.05) is 6.92 Å². The lowest BCUT2D eigenvalue weighted by atomic mass is 9.83. The molecule has 2 heterocycles. The third-order valence-electron chi connectivity index (χ3n) is 5.07. The molecule has 0 spiro atoms. The third-order valence-corrected chi connectivity index (χ3v) is 5.07. The van der Waals surface area contributed by atoms with Crippen LogP contribution in [0, 0.1) is 0 Å². The van der Waals surface area contributed by atoms with Gasteiger partial charge in [-0.3, -0.25) is 9.59 Å². The molecule has 2 fully saturated rings. The monoisotopic (exact) mass is 327 g/mol. The molecule has 0 aromatic heterocycles. The number of carbonyl (C=O) groups is 3. The van der Waals surface area contributed by atoms with Gasteiger partial charge in [0.15, 0.2) is 0 Å². The first-order valence-electron chi connectivity index (χ1n) is 8.22. The van der Waals surface area contributed by atoms with E-state index in [1.807, 2.05) is 0 Å². The standard InChI is InChI=1S/C16H25NO6/c1-3-15(14(20)21)8-4-6-10-17(15)13(19)12(18)16(22-2)9-5-7-11-23-16/h3-11H2,1-2H3,(H,20,21). The topological polar surface area (TPSA) is 93.1 Å². The lowest BCUT2D eigenvalue weighted by Gasteiger charge is -2.44. The number of Topliss-reactive ketones (excluding diaryl/α,β-unsaturated/α-hetero) is 1. The number of carboxylic acids is 1. The minimum absolute atomic E-state index is 0.266. The molecule has 2 unspecified atom stereocenters. The van der Waals surface area contributed by atoms with Crippen molar-refractivity contribution >= 4 is 17.7 Å². The molecule has 2 saturated heterocycles. The van der Waals surface area contributed by atoms with Gasteiger partial charge in [0, 0.05) is 20.1 Å². The van der Waals surface area contributed by atoms with Gasteiger partial charge in [0.1, 0.15) is 5.54 Å². The molecule has 0 aliphatic carbocycles. The lowest BCUT2D eigenvalue weighted by Crippen LogP contribution is -2.63. The Hall–Kier alpha value is -1.47. The molecule has 2 rings (SSSR count). The van der Waals surface area contributed by atoms with E-state index in [1.165, 1.54) is 12.0 Å². The highest BCUT2D eigenvalue weighted by atomic mass is 16.7. The fourth-order valence-corrected chi connectivity index (χ4v) is 3.56. The molecular formula is C16H25NO6. The van der Waals surface area contributed by atoms with Gasteiger partial charge in [0.05, 0.1) is 6.61 Å². The Kier molecular flexibility index (Phi) is 5.41. The smallest absolute Gasteiger partial charge is 0.329 e. The maximum absolute atomic E-state index is 12.8. The van der Waals surface area contributed by atoms with Crippen LogP contribution in [-0.4, -0.2) is 59.3 Å². The molecule has 1 N–H and O–H groups in total. The molecular weight excluding hydrogens is 302 g/mol. The average Bonchev–Trinajstić information content (AvgIpc) is 2.60. The van der Waals surface area contributed by atoms with Crippen molar-refractivity contribution in [1.29, 1.82) is 0 Å². The number of rotatable bonds is 5. The summed E-state index contributed by atoms with van der Waals surface area (Å²) in [5.74, 6) is -4.22. The molecule has 0 radical (unpaired) electrons. The van der Waals surface area contributed by atoms with Crippen molar-refractivity contribution in [2.75, 3.05) is 20.3 Å². The first kappa shape index (κ1) is 17.9. The van der Waals surface area contributed by atoms with Crippen molar-refractivity contribution < 1.29 is 29.0 Å². The van der Waals surface area contributed by atoms with Crippen LogP contribution in [0.15, 0.2) is 0 Å². The summed E-state index contributed by atoms with van der Waals surface area (Å²) >= 11 is 0. The van der Waals surface area contributed by atoms with Crippen LogP contribution >= 0.6 is 0 Å². The fourth-order valence-electron chi connectivity index (χ4n) is 3.56. The van der Waals surface area contributed by atoms with Gasteiger partial charge in [-0.2, -0.15) is 0 Å². The van der Waals surface area contributed by atoms with Crippen LogP contribution < -0.4 is 0 Å². The zero-order valence-electron chi connectivity index (χ0n) is 13.8. The Morgan fingerprint density at radius 3 is 2.39 bits per heavy atom. The molecule has 2 aliphatic rings. The van der Waals surface area contributed by atoms with Crippen LogP contribution in [0.1, 0.15) is 51.9 Å². The molecule has 1 amide bonds. The average molecular weight is 327 g/mol. The number of amides is 1. The molecule has 0 aromatic carbocycles. The first-order chi connectivity index (χ1) is 10.9. The second kappa shape index (κ2) is 6.97. The second-order valence-corrected chi connectivity index (χ2v) is 6.20. The third kappa shape index (κ3) is 2.99. The van der Waals surface area contributed by atoms with Gasteiger partial charge in [-0.05, 0) is 38.5 Å². The predicted octanol–water partition coefficient (Wildman–Crippen LogP) is 1.34. The van der Waals surface area contributed by atoms with Crippen molar-refractivity contribution in [3.63, 3.8) is 0 Å². The molecule has 2 aliphatic heterocycles. The summed E-state index contributed by atoms with van der Waals surface area (Å²) in [6.07, 6.45) is 3.89. The van der Waals surface area contributed by atoms with E-state index in [-0.39, 0.29) is 13.0 Å². The van der Waals surface area contributed by atoms with Crippen molar-refractivity contribution in [2.45, 2.75) is 63.2 Å². The first-order valence-corrected chi connectivity index (χ1v) is 8.22. The Labute approximate surface area is 135 Å². The highest BCUT2D eigenvalue weighted by molar-refractivity contribution is 6.39. The summed E-state index contributed by atoms with van der Waals surface area (Å²) in [7, 11) is 1.34. The van der Waals surface area contributed by atoms with Gasteiger partial charge in [-0.25, -0.2) is 4.79 Å². The zero-order chi connectivity index (χ0) is 17.1. The number of methoxy groups -OCH3 is 1. The van der Waals surface area contributed by atoms with Crippen LogP contribution in [0.25, 0.3) is 0 Å². The Morgan fingerprint density at radius 2 is 1.87 bits per heavy atom. The largest absolute Gasteiger partial charge is 0.479 e. The highest BCUT2D eigenvalue weighted by Gasteiger charge is 2.53. The molecule has 7 heteroatoms. The minimum Gasteiger partial charge on any atom is -0.479 e. The Morgan fingerprint density at radius 1 is 1.17 bits per heavy atom. The van der Waals surface area contributed by atoms with E-state index >= 15 is 0 Å². The molecule has 7 nitrogen and oxygen atoms in total. The normalized spacial score (nSPS) is 31.7. The van der Waals surface area contributed by atoms with E-state index in [0.29, 0.717) is 25.9 Å². The maximum atomic E-state index is 12.8. The number of ketones is 1. The number of carboxylic acid groups (broad SMARTS) is 1. The predicted molar refractivity (Wildman–Crippen MR) is 80.8 cm³/mol. The number of aliphatic carboxylic acids is 1. The number of carbonyl (C=O) groups excluding carboxylic acids is 2. The van der Waals surface area contributed by atoms with E-state index in [9.17, 15) is 19.5 Å². The van der Waals surface area contributed by atoms with Crippen molar-refractivity contribution in [3.05, 3.63) is 0 Å². The van der Waals surface area contributed by atoms with E-state index < -0.39 is 29.0 Å². The van der Waals surface area contributed by atoms with Crippen LogP contribution in [0.5, 0.6) is 0 Å². The SMILES string of the molecule is CCC1(C(=O)O)CCCCN1C(=O)C(=O)C1(OC)CCCCO1. The second-order valence-electron chi connectivity index (χ2n) is 6.20. The fraction of sp³-hybridized carbons (Fsp3) is 0.812. The number of hydrogen-bond acceptors (Lipinski definition) is 5. The van der Waals surface area contributed by atoms with Gasteiger partial charge < -0.3 is 19.5 Å². The van der Waals surface area contributed by atoms with Crippen molar-refractivity contribution in [3.8, 4) is 0 Å². The van der Waals surface area contributed by atoms with E-state index in [4.69, 9.17) is 9.47 Å². The zero-order valence-corrected chi connectivity index (χ0v) is 13.8. The van der Waals surface area contributed by atoms with Crippen molar-refractivity contribution in [2.24, 2.45) is 0 Å². The Balaban J connectivity index is 2.29. The number of piperidine rings is 1.